The van der Waals surface area contributed by atoms with Gasteiger partial charge in [-0.3, -0.25) is 20.4 Å². The molecule has 1 heterocycles. The Labute approximate surface area is 203 Å². The van der Waals surface area contributed by atoms with Gasteiger partial charge in [0.2, 0.25) is 11.8 Å². The van der Waals surface area contributed by atoms with E-state index in [1.807, 2.05) is 32.0 Å². The average Bonchev–Trinajstić information content (AvgIpc) is 3.25. The van der Waals surface area contributed by atoms with Crippen LogP contribution in [0.3, 0.4) is 0 Å². The Bertz CT molecular complexity index is 1230. The third-order valence-corrected chi connectivity index (χ3v) is 6.11. The molecule has 1 aliphatic heterocycles. The third-order valence-electron chi connectivity index (χ3n) is 6.11. The highest BCUT2D eigenvalue weighted by atomic mass is 19.1. The lowest BCUT2D eigenvalue weighted by Crippen LogP contribution is -2.36. The maximum atomic E-state index is 13.2. The van der Waals surface area contributed by atoms with Gasteiger partial charge in [0.1, 0.15) is 12.4 Å². The summed E-state index contributed by atoms with van der Waals surface area (Å²) < 4.78 is 24.5. The molecule has 0 unspecified atom stereocenters. The van der Waals surface area contributed by atoms with Crippen LogP contribution >= 0.6 is 0 Å². The minimum atomic E-state index is -0.495. The molecule has 3 aromatic rings. The van der Waals surface area contributed by atoms with E-state index in [0.29, 0.717) is 23.7 Å². The number of ether oxygens (including phenoxy) is 2. The fourth-order valence-corrected chi connectivity index (χ4v) is 3.92. The predicted molar refractivity (Wildman–Crippen MR) is 132 cm³/mol. The summed E-state index contributed by atoms with van der Waals surface area (Å²) in [5.74, 6) is -0.319. The summed E-state index contributed by atoms with van der Waals surface area (Å²) in [5, 5.41) is 0. The van der Waals surface area contributed by atoms with E-state index < -0.39 is 5.92 Å². The van der Waals surface area contributed by atoms with Crippen molar-refractivity contribution in [1.82, 2.24) is 5.43 Å². The lowest BCUT2D eigenvalue weighted by atomic mass is 10.1. The zero-order valence-corrected chi connectivity index (χ0v) is 19.9. The van der Waals surface area contributed by atoms with Crippen LogP contribution in [-0.2, 0) is 16.2 Å². The van der Waals surface area contributed by atoms with Gasteiger partial charge in [-0.2, -0.15) is 0 Å². The summed E-state index contributed by atoms with van der Waals surface area (Å²) in [4.78, 5) is 27.1. The van der Waals surface area contributed by atoms with Gasteiger partial charge in [-0.1, -0.05) is 24.3 Å². The Balaban J connectivity index is 1.41. The van der Waals surface area contributed by atoms with Gasteiger partial charge in [0, 0.05) is 18.7 Å². The van der Waals surface area contributed by atoms with Gasteiger partial charge in [-0.05, 0) is 66.9 Å². The molecule has 4 rings (SSSR count). The summed E-state index contributed by atoms with van der Waals surface area (Å²) in [6.07, 6.45) is 0.131. The molecule has 8 heteroatoms. The highest BCUT2D eigenvalue weighted by molar-refractivity contribution is 6.00. The summed E-state index contributed by atoms with van der Waals surface area (Å²) in [7, 11) is 1.52. The quantitative estimate of drug-likeness (QED) is 0.466. The van der Waals surface area contributed by atoms with Gasteiger partial charge < -0.3 is 14.4 Å². The van der Waals surface area contributed by atoms with Crippen LogP contribution in [0.5, 0.6) is 11.5 Å². The summed E-state index contributed by atoms with van der Waals surface area (Å²) in [6.45, 7) is 4.51. The van der Waals surface area contributed by atoms with Crippen LogP contribution in [0, 0.1) is 25.6 Å². The monoisotopic (exact) mass is 477 g/mol. The lowest BCUT2D eigenvalue weighted by molar-refractivity contribution is -0.125. The second kappa shape index (κ2) is 10.5. The first-order chi connectivity index (χ1) is 16.9. The topological polar surface area (TPSA) is 79.9 Å². The number of hydrogen-bond donors (Lipinski definition) is 2. The summed E-state index contributed by atoms with van der Waals surface area (Å²) in [6, 6.07) is 17.1. The molecular weight excluding hydrogens is 449 g/mol. The smallest absolute Gasteiger partial charge is 0.243 e. The van der Waals surface area contributed by atoms with Crippen LogP contribution in [0.1, 0.15) is 23.1 Å². The molecule has 2 amide bonds. The van der Waals surface area contributed by atoms with Gasteiger partial charge in [-0.15, -0.1) is 0 Å². The average molecular weight is 478 g/mol. The molecule has 3 aromatic carbocycles. The molecule has 1 fully saturated rings. The number of carbonyl (C=O) groups excluding carboxylic acids is 2. The molecule has 0 aromatic heterocycles. The van der Waals surface area contributed by atoms with Crippen molar-refractivity contribution in [3.63, 3.8) is 0 Å². The minimum Gasteiger partial charge on any atom is -0.493 e. The van der Waals surface area contributed by atoms with Crippen LogP contribution in [0.25, 0.3) is 0 Å². The molecule has 1 aliphatic rings. The molecule has 35 heavy (non-hydrogen) atoms. The standard InChI is InChI=1S/C27H28FN3O4/c1-17-7-12-22(13-18(17)2)31-15-20(14-25(31)32)27(33)30-29-23-5-4-6-24(34-3)26(23)35-16-19-8-10-21(28)11-9-19/h4-13,20,29H,14-16H2,1-3H3,(H,30,33)/t20-/m0/s1. The maximum Gasteiger partial charge on any atom is 0.243 e. The zero-order chi connectivity index (χ0) is 24.9. The number of hydrogen-bond acceptors (Lipinski definition) is 5. The van der Waals surface area contributed by atoms with Crippen molar-refractivity contribution in [2.75, 3.05) is 24.0 Å². The van der Waals surface area contributed by atoms with E-state index in [0.717, 1.165) is 22.4 Å². The molecule has 1 saturated heterocycles. The number of para-hydroxylation sites is 1. The molecule has 0 aliphatic carbocycles. The fourth-order valence-electron chi connectivity index (χ4n) is 3.92. The number of nitrogens with zero attached hydrogens (tertiary/aromatic N) is 1. The minimum absolute atomic E-state index is 0.0851. The largest absolute Gasteiger partial charge is 0.493 e. The van der Waals surface area contributed by atoms with Crippen molar-refractivity contribution in [1.29, 1.82) is 0 Å². The Morgan fingerprint density at radius 2 is 1.86 bits per heavy atom. The van der Waals surface area contributed by atoms with Crippen LogP contribution in [-0.4, -0.2) is 25.5 Å². The molecule has 182 valence electrons. The number of carbonyl (C=O) groups is 2. The van der Waals surface area contributed by atoms with E-state index in [-0.39, 0.29) is 30.7 Å². The second-order valence-corrected chi connectivity index (χ2v) is 8.54. The van der Waals surface area contributed by atoms with E-state index in [1.165, 1.54) is 19.2 Å². The number of anilines is 2. The molecule has 1 atom stereocenters. The molecule has 2 N–H and O–H groups in total. The van der Waals surface area contributed by atoms with E-state index in [4.69, 9.17) is 9.47 Å². The van der Waals surface area contributed by atoms with Crippen molar-refractivity contribution in [2.45, 2.75) is 26.9 Å². The Morgan fingerprint density at radius 1 is 1.09 bits per heavy atom. The lowest BCUT2D eigenvalue weighted by Gasteiger charge is -2.19. The van der Waals surface area contributed by atoms with Crippen molar-refractivity contribution < 1.29 is 23.5 Å². The van der Waals surface area contributed by atoms with E-state index in [9.17, 15) is 14.0 Å². The van der Waals surface area contributed by atoms with Gasteiger partial charge in [0.05, 0.1) is 18.7 Å². The number of methoxy groups -OCH3 is 1. The van der Waals surface area contributed by atoms with E-state index in [2.05, 4.69) is 10.9 Å². The Kier molecular flexibility index (Phi) is 7.19. The molecule has 0 radical (unpaired) electrons. The zero-order valence-electron chi connectivity index (χ0n) is 19.9. The number of benzene rings is 3. The van der Waals surface area contributed by atoms with Crippen LogP contribution in [0.15, 0.2) is 60.7 Å². The number of amides is 2. The van der Waals surface area contributed by atoms with Crippen molar-refractivity contribution >= 4 is 23.2 Å². The van der Waals surface area contributed by atoms with E-state index in [1.54, 1.807) is 35.2 Å². The highest BCUT2D eigenvalue weighted by Gasteiger charge is 2.35. The van der Waals surface area contributed by atoms with Gasteiger partial charge >= 0.3 is 0 Å². The Morgan fingerprint density at radius 3 is 2.57 bits per heavy atom. The maximum absolute atomic E-state index is 13.2. The number of aryl methyl sites for hydroxylation is 2. The summed E-state index contributed by atoms with van der Waals surface area (Å²) in [5.41, 5.74) is 9.91. The first-order valence-electron chi connectivity index (χ1n) is 11.3. The number of halogens is 1. The molecule has 7 nitrogen and oxygen atoms in total. The van der Waals surface area contributed by atoms with Crippen molar-refractivity contribution in [3.8, 4) is 11.5 Å². The van der Waals surface area contributed by atoms with Crippen LogP contribution in [0.2, 0.25) is 0 Å². The number of rotatable bonds is 8. The van der Waals surface area contributed by atoms with Crippen LogP contribution < -0.4 is 25.2 Å². The third kappa shape index (κ3) is 5.54. The molecule has 0 saturated carbocycles. The fraction of sp³-hybridized carbons (Fsp3) is 0.259. The van der Waals surface area contributed by atoms with Gasteiger partial charge in [0.15, 0.2) is 11.5 Å². The van der Waals surface area contributed by atoms with Crippen molar-refractivity contribution in [3.05, 3.63) is 83.2 Å². The normalized spacial score (nSPS) is 15.1. The van der Waals surface area contributed by atoms with Crippen LogP contribution in [0.4, 0.5) is 15.8 Å². The first kappa shape index (κ1) is 24.1. The highest BCUT2D eigenvalue weighted by Crippen LogP contribution is 2.35. The van der Waals surface area contributed by atoms with Gasteiger partial charge in [0.25, 0.3) is 0 Å². The summed E-state index contributed by atoms with van der Waals surface area (Å²) >= 11 is 0. The number of nitrogens with one attached hydrogen (secondary N) is 2. The SMILES string of the molecule is COc1cccc(NNC(=O)[C@H]2CC(=O)N(c3ccc(C)c(C)c3)C2)c1OCc1ccc(F)cc1. The Hall–Kier alpha value is -4.07. The predicted octanol–water partition coefficient (Wildman–Crippen LogP) is 4.53. The second-order valence-electron chi connectivity index (χ2n) is 8.54. The molecule has 0 spiro atoms. The first-order valence-corrected chi connectivity index (χ1v) is 11.3. The molecular formula is C27H28FN3O4. The van der Waals surface area contributed by atoms with Gasteiger partial charge in [-0.25, -0.2) is 4.39 Å². The van der Waals surface area contributed by atoms with Crippen molar-refractivity contribution in [2.24, 2.45) is 5.92 Å². The molecule has 0 bridgehead atoms. The van der Waals surface area contributed by atoms with E-state index >= 15 is 0 Å². The number of hydrazine groups is 1.